The van der Waals surface area contributed by atoms with Crippen LogP contribution in [0.25, 0.3) is 0 Å². The lowest BCUT2D eigenvalue weighted by Gasteiger charge is -2.24. The molecule has 0 spiro atoms. The molecule has 3 rings (SSSR count). The zero-order valence-electron chi connectivity index (χ0n) is 12.5. The van der Waals surface area contributed by atoms with Crippen molar-refractivity contribution in [1.29, 1.82) is 0 Å². The van der Waals surface area contributed by atoms with E-state index >= 15 is 0 Å². The maximum absolute atomic E-state index is 12.9. The molecule has 3 unspecified atom stereocenters. The van der Waals surface area contributed by atoms with Crippen LogP contribution in [0.3, 0.4) is 0 Å². The van der Waals surface area contributed by atoms with Crippen LogP contribution in [0, 0.1) is 23.6 Å². The van der Waals surface area contributed by atoms with Crippen molar-refractivity contribution in [2.75, 3.05) is 6.54 Å². The molecule has 1 aromatic carbocycles. The van der Waals surface area contributed by atoms with Gasteiger partial charge in [0.1, 0.15) is 5.82 Å². The molecule has 0 aliphatic heterocycles. The summed E-state index contributed by atoms with van der Waals surface area (Å²) in [5.41, 5.74) is 0.545. The van der Waals surface area contributed by atoms with Crippen LogP contribution >= 0.6 is 0 Å². The van der Waals surface area contributed by atoms with Crippen molar-refractivity contribution in [3.05, 3.63) is 35.6 Å². The van der Waals surface area contributed by atoms with Crippen LogP contribution in [-0.2, 0) is 0 Å². The molecule has 2 bridgehead atoms. The molecule has 1 aromatic rings. The van der Waals surface area contributed by atoms with E-state index in [1.54, 1.807) is 12.1 Å². The predicted molar refractivity (Wildman–Crippen MR) is 81.5 cm³/mol. The van der Waals surface area contributed by atoms with Crippen molar-refractivity contribution in [2.24, 2.45) is 17.8 Å². The average Bonchev–Trinajstić information content (AvgIpc) is 2.93. The van der Waals surface area contributed by atoms with Crippen LogP contribution < -0.4 is 5.32 Å². The van der Waals surface area contributed by atoms with Crippen LogP contribution in [0.4, 0.5) is 4.39 Å². The van der Waals surface area contributed by atoms with E-state index in [1.165, 1.54) is 57.1 Å². The first-order valence-electron chi connectivity index (χ1n) is 8.24. The summed E-state index contributed by atoms with van der Waals surface area (Å²) in [6, 6.07) is 5.77. The van der Waals surface area contributed by atoms with Gasteiger partial charge >= 0.3 is 0 Å². The van der Waals surface area contributed by atoms with E-state index in [2.05, 4.69) is 5.32 Å². The maximum Gasteiger partial charge on any atom is 0.251 e. The fourth-order valence-corrected chi connectivity index (χ4v) is 4.06. The smallest absolute Gasteiger partial charge is 0.251 e. The van der Waals surface area contributed by atoms with Crippen molar-refractivity contribution < 1.29 is 9.18 Å². The molecule has 1 N–H and O–H groups in total. The van der Waals surface area contributed by atoms with E-state index in [4.69, 9.17) is 0 Å². The number of hydrogen-bond donors (Lipinski definition) is 1. The van der Waals surface area contributed by atoms with Gasteiger partial charge in [0.25, 0.3) is 5.91 Å². The molecular formula is C18H24FNO. The minimum Gasteiger partial charge on any atom is -0.352 e. The van der Waals surface area contributed by atoms with Crippen molar-refractivity contribution >= 4 is 5.91 Å². The topological polar surface area (TPSA) is 29.1 Å². The molecule has 2 aliphatic carbocycles. The first-order chi connectivity index (χ1) is 10.2. The first-order valence-corrected chi connectivity index (χ1v) is 8.24. The van der Waals surface area contributed by atoms with Gasteiger partial charge in [-0.25, -0.2) is 4.39 Å². The Hall–Kier alpha value is -1.38. The van der Waals surface area contributed by atoms with Crippen LogP contribution in [-0.4, -0.2) is 12.5 Å². The molecule has 2 nitrogen and oxygen atoms in total. The molecule has 3 atom stereocenters. The Bertz CT molecular complexity index is 484. The zero-order valence-corrected chi connectivity index (χ0v) is 12.5. The van der Waals surface area contributed by atoms with Crippen LogP contribution in [0.15, 0.2) is 24.3 Å². The maximum atomic E-state index is 12.9. The Morgan fingerprint density at radius 1 is 1.05 bits per heavy atom. The fraction of sp³-hybridized carbons (Fsp3) is 0.611. The van der Waals surface area contributed by atoms with E-state index in [1.807, 2.05) is 0 Å². The summed E-state index contributed by atoms with van der Waals surface area (Å²) in [7, 11) is 0. The van der Waals surface area contributed by atoms with Gasteiger partial charge in [-0.05, 0) is 61.3 Å². The lowest BCUT2D eigenvalue weighted by atomic mass is 9.85. The van der Waals surface area contributed by atoms with Crippen LogP contribution in [0.1, 0.15) is 55.3 Å². The number of benzene rings is 1. The molecule has 2 fully saturated rings. The van der Waals surface area contributed by atoms with E-state index in [9.17, 15) is 9.18 Å². The van der Waals surface area contributed by atoms with Gasteiger partial charge < -0.3 is 5.32 Å². The lowest BCUT2D eigenvalue weighted by Crippen LogP contribution is -2.30. The second-order valence-corrected chi connectivity index (χ2v) is 6.79. The first kappa shape index (κ1) is 14.6. The largest absolute Gasteiger partial charge is 0.352 e. The van der Waals surface area contributed by atoms with Crippen LogP contribution in [0.5, 0.6) is 0 Å². The lowest BCUT2D eigenvalue weighted by molar-refractivity contribution is 0.0942. The van der Waals surface area contributed by atoms with Gasteiger partial charge in [-0.1, -0.05) is 25.7 Å². The number of rotatable bonds is 3. The second-order valence-electron chi connectivity index (χ2n) is 6.79. The Morgan fingerprint density at radius 3 is 2.62 bits per heavy atom. The number of fused-ring (bicyclic) bond motifs is 2. The van der Waals surface area contributed by atoms with Gasteiger partial charge in [0, 0.05) is 12.1 Å². The zero-order chi connectivity index (χ0) is 14.7. The highest BCUT2D eigenvalue weighted by Crippen LogP contribution is 2.40. The molecule has 0 radical (unpaired) electrons. The summed E-state index contributed by atoms with van der Waals surface area (Å²) in [6.45, 7) is 0.761. The summed E-state index contributed by atoms with van der Waals surface area (Å²) in [5, 5.41) is 3.03. The van der Waals surface area contributed by atoms with Gasteiger partial charge in [-0.15, -0.1) is 0 Å². The molecule has 0 aromatic heterocycles. The quantitative estimate of drug-likeness (QED) is 0.889. The SMILES string of the molecule is O=C(NCC1CCCC2CCC(C2)C1)c1ccc(F)cc1. The average molecular weight is 289 g/mol. The number of nitrogens with one attached hydrogen (secondary N) is 1. The summed E-state index contributed by atoms with van der Waals surface area (Å²) in [5.74, 6) is 2.08. The number of carbonyl (C=O) groups is 1. The Balaban J connectivity index is 1.51. The van der Waals surface area contributed by atoms with Gasteiger partial charge in [-0.2, -0.15) is 0 Å². The third kappa shape index (κ3) is 3.84. The van der Waals surface area contributed by atoms with Crippen LogP contribution in [0.2, 0.25) is 0 Å². The Morgan fingerprint density at radius 2 is 1.81 bits per heavy atom. The fourth-order valence-electron chi connectivity index (χ4n) is 4.06. The standard InChI is InChI=1S/C18H24FNO/c19-17-8-6-16(7-9-17)18(21)20-12-15-3-1-2-13-4-5-14(10-13)11-15/h6-9,13-15H,1-5,10-12H2,(H,20,21). The van der Waals surface area contributed by atoms with Gasteiger partial charge in [0.05, 0.1) is 0 Å². The summed E-state index contributed by atoms with van der Waals surface area (Å²) >= 11 is 0. The number of halogens is 1. The molecule has 0 heterocycles. The van der Waals surface area contributed by atoms with Crippen molar-refractivity contribution in [3.63, 3.8) is 0 Å². The number of carbonyl (C=O) groups excluding carboxylic acids is 1. The highest BCUT2D eigenvalue weighted by Gasteiger charge is 2.29. The summed E-state index contributed by atoms with van der Waals surface area (Å²) < 4.78 is 12.9. The molecule has 2 aliphatic rings. The van der Waals surface area contributed by atoms with E-state index in [-0.39, 0.29) is 11.7 Å². The Kier molecular flexibility index (Phi) is 4.57. The van der Waals surface area contributed by atoms with Gasteiger partial charge in [-0.3, -0.25) is 4.79 Å². The highest BCUT2D eigenvalue weighted by atomic mass is 19.1. The van der Waals surface area contributed by atoms with Gasteiger partial charge in [0.15, 0.2) is 0 Å². The molecule has 0 saturated heterocycles. The highest BCUT2D eigenvalue weighted by molar-refractivity contribution is 5.94. The van der Waals surface area contributed by atoms with E-state index in [0.717, 1.165) is 18.4 Å². The molecular weight excluding hydrogens is 265 g/mol. The predicted octanol–water partition coefficient (Wildman–Crippen LogP) is 4.16. The van der Waals surface area contributed by atoms with Crippen molar-refractivity contribution in [2.45, 2.75) is 44.9 Å². The van der Waals surface area contributed by atoms with Crippen molar-refractivity contribution in [1.82, 2.24) is 5.32 Å². The molecule has 2 saturated carbocycles. The normalized spacial score (nSPS) is 28.7. The minimum absolute atomic E-state index is 0.0821. The number of amides is 1. The van der Waals surface area contributed by atoms with E-state index in [0.29, 0.717) is 11.5 Å². The third-order valence-corrected chi connectivity index (χ3v) is 5.20. The summed E-state index contributed by atoms with van der Waals surface area (Å²) in [4.78, 5) is 12.1. The molecule has 114 valence electrons. The minimum atomic E-state index is -0.303. The summed E-state index contributed by atoms with van der Waals surface area (Å²) in [6.07, 6.45) is 9.37. The van der Waals surface area contributed by atoms with Gasteiger partial charge in [0.2, 0.25) is 0 Å². The third-order valence-electron chi connectivity index (χ3n) is 5.20. The van der Waals surface area contributed by atoms with Crippen molar-refractivity contribution in [3.8, 4) is 0 Å². The van der Waals surface area contributed by atoms with E-state index < -0.39 is 0 Å². The number of hydrogen-bond acceptors (Lipinski definition) is 1. The molecule has 21 heavy (non-hydrogen) atoms. The molecule has 3 heteroatoms. The monoisotopic (exact) mass is 289 g/mol. The second kappa shape index (κ2) is 6.59. The molecule has 1 amide bonds. The Labute approximate surface area is 126 Å².